The Bertz CT molecular complexity index is 1570. The fourth-order valence-electron chi connectivity index (χ4n) is 11.5. The summed E-state index contributed by atoms with van der Waals surface area (Å²) in [5, 5.41) is 0. The summed E-state index contributed by atoms with van der Waals surface area (Å²) in [5.41, 5.74) is 5.41. The zero-order valence-corrected chi connectivity index (χ0v) is 58.7. The van der Waals surface area contributed by atoms with Gasteiger partial charge in [-0.15, -0.1) is 0 Å². The maximum atomic E-state index is 12.8. The number of carbonyl (C=O) groups is 2. The Hall–Kier alpha value is -2.03. The van der Waals surface area contributed by atoms with Crippen LogP contribution in [-0.4, -0.2) is 49.3 Å². The van der Waals surface area contributed by atoms with E-state index in [9.17, 15) is 19.0 Å². The molecular weight excluding hydrogens is 1100 g/mol. The number of hydrogen-bond donors (Lipinski definition) is 2. The SMILES string of the molecule is CCCCCCC/C=C\C/C=C\CCCCCCCCCCCCCCCCCCCCCCCCCCCCCCCC(=O)OC(COC(=O)CCCCCCCCCCCCCCC/C=C\C/C=C\CCCCCCC)COP(=O)(O)OCCN. The van der Waals surface area contributed by atoms with Gasteiger partial charge in [0.05, 0.1) is 13.2 Å². The van der Waals surface area contributed by atoms with E-state index in [2.05, 4.69) is 62.5 Å². The Balaban J connectivity index is 3.75. The normalized spacial score (nSPS) is 13.1. The molecule has 0 aliphatic rings. The van der Waals surface area contributed by atoms with Crippen molar-refractivity contribution in [3.05, 3.63) is 48.6 Å². The molecule has 0 amide bonds. The Morgan fingerprint density at radius 1 is 0.345 bits per heavy atom. The van der Waals surface area contributed by atoms with Crippen molar-refractivity contribution in [2.45, 2.75) is 405 Å². The van der Waals surface area contributed by atoms with Crippen LogP contribution in [0.1, 0.15) is 399 Å². The van der Waals surface area contributed by atoms with Gasteiger partial charge >= 0.3 is 19.8 Å². The summed E-state index contributed by atoms with van der Waals surface area (Å²) in [6.45, 7) is 3.79. The van der Waals surface area contributed by atoms with Crippen molar-refractivity contribution in [1.82, 2.24) is 0 Å². The van der Waals surface area contributed by atoms with Gasteiger partial charge in [0.2, 0.25) is 0 Å². The molecule has 0 bridgehead atoms. The van der Waals surface area contributed by atoms with Gasteiger partial charge in [-0.3, -0.25) is 18.6 Å². The molecule has 0 rings (SSSR count). The lowest BCUT2D eigenvalue weighted by Crippen LogP contribution is -2.29. The van der Waals surface area contributed by atoms with Gasteiger partial charge < -0.3 is 20.1 Å². The van der Waals surface area contributed by atoms with Gasteiger partial charge in [-0.2, -0.15) is 0 Å². The number of esters is 2. The molecule has 0 saturated carbocycles. The van der Waals surface area contributed by atoms with Gasteiger partial charge in [-0.1, -0.05) is 358 Å². The fourth-order valence-corrected chi connectivity index (χ4v) is 12.3. The number of phosphoric acid groups is 1. The van der Waals surface area contributed by atoms with Crippen LogP contribution in [0.5, 0.6) is 0 Å². The third kappa shape index (κ3) is 72.9. The van der Waals surface area contributed by atoms with E-state index in [4.69, 9.17) is 24.3 Å². The summed E-state index contributed by atoms with van der Waals surface area (Å²) >= 11 is 0. The van der Waals surface area contributed by atoms with Crippen molar-refractivity contribution < 1.29 is 37.6 Å². The minimum atomic E-state index is -4.39. The van der Waals surface area contributed by atoms with E-state index in [1.165, 1.54) is 321 Å². The number of ether oxygens (including phenoxy) is 2. The second kappa shape index (κ2) is 73.0. The number of carbonyl (C=O) groups excluding carboxylic acids is 2. The first-order valence-corrected chi connectivity index (χ1v) is 39.6. The van der Waals surface area contributed by atoms with Gasteiger partial charge in [0, 0.05) is 19.4 Å². The smallest absolute Gasteiger partial charge is 0.462 e. The monoisotopic (exact) mass is 1240 g/mol. The number of unbranched alkanes of at least 4 members (excludes halogenated alkanes) is 52. The summed E-state index contributed by atoms with van der Waals surface area (Å²) < 4.78 is 33.2. The topological polar surface area (TPSA) is 134 Å². The molecule has 0 aromatic rings. The van der Waals surface area contributed by atoms with Crippen LogP contribution in [0.4, 0.5) is 0 Å². The molecule has 87 heavy (non-hydrogen) atoms. The highest BCUT2D eigenvalue weighted by atomic mass is 31.2. The van der Waals surface area contributed by atoms with E-state index in [1.807, 2.05) is 0 Å². The van der Waals surface area contributed by atoms with Crippen LogP contribution >= 0.6 is 7.82 Å². The molecule has 0 aliphatic carbocycles. The largest absolute Gasteiger partial charge is 0.472 e. The lowest BCUT2D eigenvalue weighted by molar-refractivity contribution is -0.161. The maximum Gasteiger partial charge on any atom is 0.472 e. The molecule has 0 heterocycles. The van der Waals surface area contributed by atoms with Crippen LogP contribution in [-0.2, 0) is 32.7 Å². The molecule has 9 nitrogen and oxygen atoms in total. The second-order valence-electron chi connectivity index (χ2n) is 25.9. The molecule has 0 fully saturated rings. The number of allylic oxidation sites excluding steroid dienone is 8. The van der Waals surface area contributed by atoms with Gasteiger partial charge in [0.15, 0.2) is 6.10 Å². The molecule has 0 spiro atoms. The van der Waals surface area contributed by atoms with E-state index in [-0.39, 0.29) is 38.6 Å². The average molecular weight is 1240 g/mol. The minimum absolute atomic E-state index is 0.0552. The Kier molecular flexibility index (Phi) is 71.3. The highest BCUT2D eigenvalue weighted by Crippen LogP contribution is 2.43. The number of hydrogen-bond acceptors (Lipinski definition) is 8. The Labute approximate surface area is 540 Å². The molecule has 0 saturated heterocycles. The first-order valence-electron chi connectivity index (χ1n) is 38.1. The summed E-state index contributed by atoms with van der Waals surface area (Å²) in [5.74, 6) is -0.807. The third-order valence-corrected chi connectivity index (χ3v) is 18.2. The summed E-state index contributed by atoms with van der Waals surface area (Å²) in [4.78, 5) is 35.4. The van der Waals surface area contributed by atoms with E-state index in [0.29, 0.717) is 6.42 Å². The quantitative estimate of drug-likeness (QED) is 0.0264. The summed E-state index contributed by atoms with van der Waals surface area (Å²) in [6.07, 6.45) is 93.9. The lowest BCUT2D eigenvalue weighted by Gasteiger charge is -2.19. The zero-order valence-electron chi connectivity index (χ0n) is 57.8. The fraction of sp³-hybridized carbons (Fsp3) is 0.870. The van der Waals surface area contributed by atoms with Crippen LogP contribution in [0.15, 0.2) is 48.6 Å². The average Bonchev–Trinajstić information content (AvgIpc) is 3.65. The molecule has 2 unspecified atom stereocenters. The van der Waals surface area contributed by atoms with E-state index < -0.39 is 26.5 Å². The molecule has 10 heteroatoms. The van der Waals surface area contributed by atoms with E-state index >= 15 is 0 Å². The number of rotatable bonds is 73. The van der Waals surface area contributed by atoms with Crippen LogP contribution in [0.3, 0.4) is 0 Å². The van der Waals surface area contributed by atoms with Gasteiger partial charge in [-0.05, 0) is 77.0 Å². The van der Waals surface area contributed by atoms with Crippen LogP contribution in [0.2, 0.25) is 0 Å². The van der Waals surface area contributed by atoms with Crippen molar-refractivity contribution >= 4 is 19.8 Å². The highest BCUT2D eigenvalue weighted by molar-refractivity contribution is 7.47. The molecular formula is C77H146NO8P. The van der Waals surface area contributed by atoms with Gasteiger partial charge in [0.25, 0.3) is 0 Å². The third-order valence-electron chi connectivity index (χ3n) is 17.2. The predicted octanol–water partition coefficient (Wildman–Crippen LogP) is 25.2. The molecule has 0 radical (unpaired) electrons. The van der Waals surface area contributed by atoms with Crippen LogP contribution in [0.25, 0.3) is 0 Å². The first-order chi connectivity index (χ1) is 42.8. The predicted molar refractivity (Wildman–Crippen MR) is 377 cm³/mol. The molecule has 3 N–H and O–H groups in total. The summed E-state index contributed by atoms with van der Waals surface area (Å²) in [6, 6.07) is 0. The first kappa shape index (κ1) is 85.0. The standard InChI is InChI=1S/C77H146NO8P/c1-3-5-7-9-11-13-15-17-19-21-23-25-27-29-30-31-32-33-34-35-36-37-38-39-40-41-42-43-44-46-48-50-52-54-56-58-60-62-64-66-68-70-77(80)86-75(74-85-87(81,82)84-72-71-78)73-83-76(79)69-67-65-63-61-59-57-55-53-51-49-47-45-28-26-24-22-20-18-16-14-12-10-8-6-4-2/h15-18,21-24,75H,3-14,19-20,25-74,78H2,1-2H3,(H,81,82)/b17-15-,18-16-,23-21-,24-22-. The van der Waals surface area contributed by atoms with Crippen molar-refractivity contribution in [2.24, 2.45) is 5.73 Å². The second-order valence-corrected chi connectivity index (χ2v) is 27.3. The molecule has 0 aromatic carbocycles. The minimum Gasteiger partial charge on any atom is -0.462 e. The zero-order chi connectivity index (χ0) is 63.0. The van der Waals surface area contributed by atoms with Crippen LogP contribution in [0, 0.1) is 0 Å². The van der Waals surface area contributed by atoms with E-state index in [1.54, 1.807) is 0 Å². The summed E-state index contributed by atoms with van der Waals surface area (Å²) in [7, 11) is -4.39. The Morgan fingerprint density at radius 2 is 0.598 bits per heavy atom. The van der Waals surface area contributed by atoms with Gasteiger partial charge in [-0.25, -0.2) is 4.57 Å². The van der Waals surface area contributed by atoms with Crippen molar-refractivity contribution in [3.8, 4) is 0 Å². The molecule has 512 valence electrons. The van der Waals surface area contributed by atoms with Gasteiger partial charge in [0.1, 0.15) is 6.61 Å². The van der Waals surface area contributed by atoms with E-state index in [0.717, 1.165) is 44.9 Å². The van der Waals surface area contributed by atoms with Crippen molar-refractivity contribution in [3.63, 3.8) is 0 Å². The number of phosphoric ester groups is 1. The van der Waals surface area contributed by atoms with Crippen LogP contribution < -0.4 is 5.73 Å². The van der Waals surface area contributed by atoms with Crippen molar-refractivity contribution in [1.29, 1.82) is 0 Å². The molecule has 0 aromatic heterocycles. The Morgan fingerprint density at radius 3 is 0.874 bits per heavy atom. The highest BCUT2D eigenvalue weighted by Gasteiger charge is 2.26. The number of nitrogens with two attached hydrogens (primary N) is 1. The molecule has 0 aliphatic heterocycles. The maximum absolute atomic E-state index is 12.8. The van der Waals surface area contributed by atoms with Crippen molar-refractivity contribution in [2.75, 3.05) is 26.4 Å². The lowest BCUT2D eigenvalue weighted by atomic mass is 10.0. The molecule has 2 atom stereocenters.